The van der Waals surface area contributed by atoms with Gasteiger partial charge >= 0.3 is 0 Å². The van der Waals surface area contributed by atoms with Crippen LogP contribution in [0, 0.1) is 13.8 Å². The zero-order valence-electron chi connectivity index (χ0n) is 10.6. The summed E-state index contributed by atoms with van der Waals surface area (Å²) in [4.78, 5) is 16.1. The van der Waals surface area contributed by atoms with Gasteiger partial charge in [0.25, 0.3) is 0 Å². The lowest BCUT2D eigenvalue weighted by Crippen LogP contribution is -2.14. The van der Waals surface area contributed by atoms with E-state index in [2.05, 4.69) is 10.3 Å². The third-order valence-electron chi connectivity index (χ3n) is 2.39. The standard InChI is InChI=1S/C13H13ClN2OS2/c1-8-5-10(14)3-4-11(8)16-12(17)7-19-13-15-9(2)6-18-13/h3-6H,7H2,1-2H3,(H,16,17). The number of carbonyl (C=O) groups excluding carboxylic acids is 1. The van der Waals surface area contributed by atoms with Crippen LogP contribution in [0.25, 0.3) is 0 Å². The first-order valence-corrected chi connectivity index (χ1v) is 7.90. The SMILES string of the molecule is Cc1csc(SCC(=O)Nc2ccc(Cl)cc2C)n1. The highest BCUT2D eigenvalue weighted by Crippen LogP contribution is 2.23. The zero-order valence-corrected chi connectivity index (χ0v) is 13.0. The number of carbonyl (C=O) groups is 1. The topological polar surface area (TPSA) is 42.0 Å². The van der Waals surface area contributed by atoms with Crippen molar-refractivity contribution in [1.29, 1.82) is 0 Å². The van der Waals surface area contributed by atoms with Crippen LogP contribution in [0.15, 0.2) is 27.9 Å². The number of nitrogens with zero attached hydrogens (tertiary/aromatic N) is 1. The zero-order chi connectivity index (χ0) is 13.8. The summed E-state index contributed by atoms with van der Waals surface area (Å²) in [6.07, 6.45) is 0. The third kappa shape index (κ3) is 4.23. The Labute approximate surface area is 125 Å². The molecular weight excluding hydrogens is 300 g/mol. The average molecular weight is 313 g/mol. The van der Waals surface area contributed by atoms with Gasteiger partial charge in [-0.15, -0.1) is 11.3 Å². The van der Waals surface area contributed by atoms with Crippen LogP contribution in [0.1, 0.15) is 11.3 Å². The van der Waals surface area contributed by atoms with E-state index in [0.29, 0.717) is 10.8 Å². The molecule has 100 valence electrons. The molecule has 3 nitrogen and oxygen atoms in total. The van der Waals surface area contributed by atoms with E-state index >= 15 is 0 Å². The molecule has 0 spiro atoms. The molecule has 1 amide bonds. The summed E-state index contributed by atoms with van der Waals surface area (Å²) in [6, 6.07) is 5.41. The van der Waals surface area contributed by atoms with Gasteiger partial charge in [-0.3, -0.25) is 4.79 Å². The minimum atomic E-state index is -0.0386. The summed E-state index contributed by atoms with van der Waals surface area (Å²) >= 11 is 8.88. The Morgan fingerprint density at radius 3 is 2.89 bits per heavy atom. The van der Waals surface area contributed by atoms with E-state index < -0.39 is 0 Å². The van der Waals surface area contributed by atoms with Crippen molar-refractivity contribution in [2.75, 3.05) is 11.1 Å². The first-order chi connectivity index (χ1) is 9.04. The molecule has 19 heavy (non-hydrogen) atoms. The molecule has 0 aliphatic heterocycles. The number of halogens is 1. The number of nitrogens with one attached hydrogen (secondary N) is 1. The third-order valence-corrected chi connectivity index (χ3v) is 4.76. The maximum atomic E-state index is 11.8. The van der Waals surface area contributed by atoms with E-state index in [1.807, 2.05) is 31.4 Å². The molecule has 1 aromatic heterocycles. The fraction of sp³-hybridized carbons (Fsp3) is 0.231. The van der Waals surface area contributed by atoms with Crippen LogP contribution in [0.4, 0.5) is 5.69 Å². The largest absolute Gasteiger partial charge is 0.325 e. The molecule has 0 unspecified atom stereocenters. The molecule has 2 rings (SSSR count). The van der Waals surface area contributed by atoms with Crippen molar-refractivity contribution in [2.24, 2.45) is 0 Å². The number of hydrogen-bond donors (Lipinski definition) is 1. The fourth-order valence-electron chi connectivity index (χ4n) is 1.48. The van der Waals surface area contributed by atoms with Crippen LogP contribution in [0.2, 0.25) is 5.02 Å². The van der Waals surface area contributed by atoms with Gasteiger partial charge in [-0.25, -0.2) is 4.98 Å². The Morgan fingerprint density at radius 1 is 1.47 bits per heavy atom. The summed E-state index contributed by atoms with van der Waals surface area (Å²) in [7, 11) is 0. The Bertz CT molecular complexity index is 598. The molecule has 6 heteroatoms. The second-order valence-corrected chi connectivity index (χ2v) is 6.57. The first-order valence-electron chi connectivity index (χ1n) is 5.65. The molecule has 0 radical (unpaired) electrons. The summed E-state index contributed by atoms with van der Waals surface area (Å²) in [5.74, 6) is 0.318. The van der Waals surface area contributed by atoms with Gasteiger partial charge in [-0.05, 0) is 37.6 Å². The van der Waals surface area contributed by atoms with Gasteiger partial charge in [0.1, 0.15) is 0 Å². The second-order valence-electron chi connectivity index (χ2n) is 4.05. The van der Waals surface area contributed by atoms with Crippen molar-refractivity contribution < 1.29 is 4.79 Å². The highest BCUT2D eigenvalue weighted by Gasteiger charge is 2.07. The predicted molar refractivity (Wildman–Crippen MR) is 82.4 cm³/mol. The fourth-order valence-corrected chi connectivity index (χ4v) is 3.36. The number of amides is 1. The highest BCUT2D eigenvalue weighted by atomic mass is 35.5. The van der Waals surface area contributed by atoms with Crippen molar-refractivity contribution in [3.63, 3.8) is 0 Å². The van der Waals surface area contributed by atoms with Gasteiger partial charge < -0.3 is 5.32 Å². The first kappa shape index (κ1) is 14.4. The van der Waals surface area contributed by atoms with Gasteiger partial charge in [0.05, 0.1) is 5.75 Å². The number of benzene rings is 1. The van der Waals surface area contributed by atoms with Gasteiger partial charge in [0.15, 0.2) is 4.34 Å². The molecule has 1 heterocycles. The molecule has 0 saturated heterocycles. The number of thiazole rings is 1. The Hall–Kier alpha value is -1.04. The van der Waals surface area contributed by atoms with Crippen molar-refractivity contribution in [3.05, 3.63) is 39.9 Å². The van der Waals surface area contributed by atoms with E-state index in [9.17, 15) is 4.79 Å². The summed E-state index contributed by atoms with van der Waals surface area (Å²) in [5.41, 5.74) is 2.74. The number of anilines is 1. The number of rotatable bonds is 4. The van der Waals surface area contributed by atoms with Crippen molar-refractivity contribution in [1.82, 2.24) is 4.98 Å². The molecule has 0 fully saturated rings. The molecule has 0 saturated carbocycles. The van der Waals surface area contributed by atoms with Gasteiger partial charge in [-0.2, -0.15) is 0 Å². The minimum absolute atomic E-state index is 0.0386. The van der Waals surface area contributed by atoms with Gasteiger partial charge in [-0.1, -0.05) is 23.4 Å². The van der Waals surface area contributed by atoms with Crippen molar-refractivity contribution in [3.8, 4) is 0 Å². The number of aryl methyl sites for hydroxylation is 2. The maximum Gasteiger partial charge on any atom is 0.234 e. The van der Waals surface area contributed by atoms with Gasteiger partial charge in [0, 0.05) is 21.8 Å². The number of hydrogen-bond acceptors (Lipinski definition) is 4. The number of aromatic nitrogens is 1. The Morgan fingerprint density at radius 2 is 2.26 bits per heavy atom. The van der Waals surface area contributed by atoms with Crippen LogP contribution in [-0.4, -0.2) is 16.6 Å². The highest BCUT2D eigenvalue weighted by molar-refractivity contribution is 8.01. The van der Waals surface area contributed by atoms with E-state index in [0.717, 1.165) is 21.3 Å². The quantitative estimate of drug-likeness (QED) is 0.863. The maximum absolute atomic E-state index is 11.8. The Kier molecular flexibility index (Phi) is 4.85. The smallest absolute Gasteiger partial charge is 0.234 e. The van der Waals surface area contributed by atoms with E-state index in [-0.39, 0.29) is 5.91 Å². The molecular formula is C13H13ClN2OS2. The molecule has 2 aromatic rings. The molecule has 0 bridgehead atoms. The minimum Gasteiger partial charge on any atom is -0.325 e. The van der Waals surface area contributed by atoms with Crippen LogP contribution < -0.4 is 5.32 Å². The van der Waals surface area contributed by atoms with Crippen LogP contribution in [0.3, 0.4) is 0 Å². The number of thioether (sulfide) groups is 1. The molecule has 0 atom stereocenters. The van der Waals surface area contributed by atoms with Crippen LogP contribution in [0.5, 0.6) is 0 Å². The van der Waals surface area contributed by atoms with Crippen LogP contribution in [-0.2, 0) is 4.79 Å². The van der Waals surface area contributed by atoms with Gasteiger partial charge in [0.2, 0.25) is 5.91 Å². The molecule has 0 aliphatic rings. The van der Waals surface area contributed by atoms with E-state index in [1.165, 1.54) is 11.8 Å². The van der Waals surface area contributed by atoms with E-state index in [1.54, 1.807) is 17.4 Å². The van der Waals surface area contributed by atoms with Crippen molar-refractivity contribution in [2.45, 2.75) is 18.2 Å². The monoisotopic (exact) mass is 312 g/mol. The summed E-state index contributed by atoms with van der Waals surface area (Å²) < 4.78 is 0.917. The Balaban J connectivity index is 1.90. The lowest BCUT2D eigenvalue weighted by Gasteiger charge is -2.07. The summed E-state index contributed by atoms with van der Waals surface area (Å²) in [5, 5.41) is 5.52. The van der Waals surface area contributed by atoms with Crippen LogP contribution >= 0.6 is 34.7 Å². The molecule has 1 aromatic carbocycles. The summed E-state index contributed by atoms with van der Waals surface area (Å²) in [6.45, 7) is 3.86. The average Bonchev–Trinajstić information content (AvgIpc) is 2.76. The molecule has 1 N–H and O–H groups in total. The normalized spacial score (nSPS) is 10.5. The predicted octanol–water partition coefficient (Wildman–Crippen LogP) is 4.14. The second kappa shape index (κ2) is 6.41. The lowest BCUT2D eigenvalue weighted by molar-refractivity contribution is -0.113. The van der Waals surface area contributed by atoms with Crippen molar-refractivity contribution >= 4 is 46.3 Å². The van der Waals surface area contributed by atoms with E-state index in [4.69, 9.17) is 11.6 Å². The molecule has 0 aliphatic carbocycles. The lowest BCUT2D eigenvalue weighted by atomic mass is 10.2.